The lowest BCUT2D eigenvalue weighted by Gasteiger charge is -2.25. The Hall–Kier alpha value is -4.05. The summed E-state index contributed by atoms with van der Waals surface area (Å²) in [5, 5.41) is 9.77. The van der Waals surface area contributed by atoms with Gasteiger partial charge in [0, 0.05) is 12.8 Å². The third kappa shape index (κ3) is 75.2. The van der Waals surface area contributed by atoms with E-state index in [-0.39, 0.29) is 32.2 Å². The zero-order chi connectivity index (χ0) is 67.5. The first-order chi connectivity index (χ1) is 45.6. The van der Waals surface area contributed by atoms with Gasteiger partial charge in [-0.25, -0.2) is 4.79 Å². The van der Waals surface area contributed by atoms with Crippen LogP contribution in [0, 0.1) is 0 Å². The van der Waals surface area contributed by atoms with Crippen molar-refractivity contribution in [2.75, 3.05) is 47.5 Å². The number of carboxylic acid groups (broad SMARTS) is 1. The topological polar surface area (TPSA) is 108 Å². The first-order valence-corrected chi connectivity index (χ1v) is 39.1. The number of allylic oxidation sites excluding steroid dienone is 18. The number of rotatable bonds is 72. The molecule has 0 aromatic heterocycles. The molecule has 0 bridgehead atoms. The highest BCUT2D eigenvalue weighted by molar-refractivity contribution is 5.71. The Labute approximate surface area is 575 Å². The molecule has 0 aliphatic carbocycles. The number of esters is 2. The number of carbonyl (C=O) groups excluding carboxylic acids is 2. The van der Waals surface area contributed by atoms with E-state index in [0.717, 1.165) is 89.9 Å². The smallest absolute Gasteiger partial charge is 0.361 e. The predicted molar refractivity (Wildman–Crippen MR) is 401 cm³/mol. The summed E-state index contributed by atoms with van der Waals surface area (Å²) in [7, 11) is 5.99. The highest BCUT2D eigenvalue weighted by atomic mass is 16.7. The number of hydrogen-bond donors (Lipinski definition) is 1. The van der Waals surface area contributed by atoms with Gasteiger partial charge in [0.05, 0.1) is 34.4 Å². The van der Waals surface area contributed by atoms with Gasteiger partial charge in [-0.15, -0.1) is 0 Å². The summed E-state index contributed by atoms with van der Waals surface area (Å²) in [5.74, 6) is -1.99. The van der Waals surface area contributed by atoms with E-state index < -0.39 is 24.3 Å². The summed E-state index contributed by atoms with van der Waals surface area (Å²) in [6.45, 7) is 4.80. The molecule has 0 heterocycles. The molecular weight excluding hydrogens is 1150 g/mol. The molecule has 0 radical (unpaired) electrons. The van der Waals surface area contributed by atoms with Crippen molar-refractivity contribution in [3.63, 3.8) is 0 Å². The predicted octanol–water partition coefficient (Wildman–Crippen LogP) is 24.9. The molecule has 1 N–H and O–H groups in total. The number of likely N-dealkylation sites (N-methyl/N-ethyl adjacent to an activating group) is 1. The van der Waals surface area contributed by atoms with Gasteiger partial charge in [0.2, 0.25) is 0 Å². The van der Waals surface area contributed by atoms with Gasteiger partial charge >= 0.3 is 17.9 Å². The van der Waals surface area contributed by atoms with Crippen molar-refractivity contribution in [2.45, 2.75) is 360 Å². The van der Waals surface area contributed by atoms with Crippen LogP contribution in [0.5, 0.6) is 0 Å². The number of carboxylic acids is 1. The largest absolute Gasteiger partial charge is 0.477 e. The van der Waals surface area contributed by atoms with Gasteiger partial charge in [-0.1, -0.05) is 342 Å². The lowest BCUT2D eigenvalue weighted by Crippen LogP contribution is -2.40. The Kier molecular flexibility index (Phi) is 70.5. The van der Waals surface area contributed by atoms with Gasteiger partial charge in [-0.3, -0.25) is 9.59 Å². The average molecular weight is 1300 g/mol. The molecule has 0 spiro atoms. The van der Waals surface area contributed by atoms with Crippen LogP contribution in [0.15, 0.2) is 109 Å². The van der Waals surface area contributed by atoms with Gasteiger partial charge in [-0.05, 0) is 103 Å². The van der Waals surface area contributed by atoms with Crippen LogP contribution in [-0.2, 0) is 33.3 Å². The van der Waals surface area contributed by atoms with Gasteiger partial charge in [-0.2, -0.15) is 0 Å². The van der Waals surface area contributed by atoms with Crippen LogP contribution in [0.25, 0.3) is 0 Å². The molecule has 93 heavy (non-hydrogen) atoms. The van der Waals surface area contributed by atoms with E-state index in [0.29, 0.717) is 23.9 Å². The monoisotopic (exact) mass is 1300 g/mol. The number of ether oxygens (including phenoxy) is 4. The van der Waals surface area contributed by atoms with Crippen molar-refractivity contribution in [3.8, 4) is 0 Å². The molecule has 0 aromatic rings. The van der Waals surface area contributed by atoms with E-state index in [1.54, 1.807) is 0 Å². The van der Waals surface area contributed by atoms with E-state index in [1.165, 1.54) is 225 Å². The molecule has 0 aromatic carbocycles. The van der Waals surface area contributed by atoms with Gasteiger partial charge in [0.1, 0.15) is 13.2 Å². The molecule has 9 heteroatoms. The zero-order valence-electron chi connectivity index (χ0n) is 61.4. The molecule has 2 atom stereocenters. The van der Waals surface area contributed by atoms with Crippen LogP contribution in [-0.4, -0.2) is 87.4 Å². The fraction of sp³-hybridized carbons (Fsp3) is 0.750. The van der Waals surface area contributed by atoms with Crippen LogP contribution >= 0.6 is 0 Å². The molecule has 0 saturated heterocycles. The summed E-state index contributed by atoms with van der Waals surface area (Å²) in [6, 6.07) is 0. The Bertz CT molecular complexity index is 1900. The van der Waals surface area contributed by atoms with Crippen LogP contribution in [0.3, 0.4) is 0 Å². The van der Waals surface area contributed by atoms with Crippen LogP contribution in [0.4, 0.5) is 0 Å². The SMILES string of the molecule is CC/C=C\C/C=C\C/C=C\C/C=C\C/C=C\C/C=C\C/C=C\C/C=C\CCCCCCCCCCCCCCC(=O)OC(COC(=O)CCCCCCCCCCCCCCCCCCCCC/C=C\CCCCCCCCCC)COC(OCC[N+](C)(C)C)C(=O)O. The van der Waals surface area contributed by atoms with Crippen LogP contribution < -0.4 is 0 Å². The van der Waals surface area contributed by atoms with Crippen LogP contribution in [0.2, 0.25) is 0 Å². The molecule has 0 amide bonds. The van der Waals surface area contributed by atoms with E-state index >= 15 is 0 Å². The molecule has 0 saturated carbocycles. The minimum atomic E-state index is -1.52. The number of aliphatic carboxylic acids is 1. The molecule has 0 aliphatic rings. The third-order valence-electron chi connectivity index (χ3n) is 17.0. The number of quaternary nitrogens is 1. The Morgan fingerprint density at radius 3 is 0.925 bits per heavy atom. The molecular formula is C84H148NO8+. The average Bonchev–Trinajstić information content (AvgIpc) is 3.73. The molecule has 536 valence electrons. The maximum Gasteiger partial charge on any atom is 0.361 e. The number of hydrogen-bond acceptors (Lipinski definition) is 7. The molecule has 0 fully saturated rings. The van der Waals surface area contributed by atoms with Gasteiger partial charge in [0.15, 0.2) is 6.10 Å². The maximum absolute atomic E-state index is 13.0. The van der Waals surface area contributed by atoms with E-state index in [1.807, 2.05) is 21.1 Å². The number of nitrogens with zero attached hydrogens (tertiary/aromatic N) is 1. The van der Waals surface area contributed by atoms with Crippen molar-refractivity contribution < 1.29 is 42.9 Å². The highest BCUT2D eigenvalue weighted by Crippen LogP contribution is 2.18. The second kappa shape index (κ2) is 73.8. The normalized spacial score (nSPS) is 13.3. The molecule has 9 nitrogen and oxygen atoms in total. The van der Waals surface area contributed by atoms with E-state index in [9.17, 15) is 19.5 Å². The summed E-state index contributed by atoms with van der Waals surface area (Å²) in [4.78, 5) is 37.7. The second-order valence-corrected chi connectivity index (χ2v) is 27.3. The van der Waals surface area contributed by atoms with Crippen LogP contribution in [0.1, 0.15) is 348 Å². The standard InChI is InChI=1S/C84H147NO8/c1-6-8-10-12-14-16-18-20-22-24-26-28-30-32-34-36-38-39-40-41-42-43-45-47-49-51-53-55-57-59-61-63-65-67-69-71-73-75-82(87)93-80(79-92-84(83(88)89)90-77-76-85(3,4)5)78-91-81(86)74-72-70-68-66-64-62-60-58-56-54-52-50-48-46-44-37-35-33-31-29-27-25-23-21-19-17-15-13-11-9-7-2/h8,10,14,16,20,22,25-28,32,34,38-39,41-42,45,47,80,84H,6-7,9,11-13,15,17-19,21,23-24,29-31,33,35-37,40,43-44,46,48-79H2,1-5H3/p+1/b10-8-,16-14-,22-20-,27-25-,28-26-,34-32-,39-38-,42-41-,47-45-. The third-order valence-corrected chi connectivity index (χ3v) is 17.0. The summed E-state index contributed by atoms with van der Waals surface area (Å²) < 4.78 is 23.0. The Morgan fingerprint density at radius 2 is 0.613 bits per heavy atom. The van der Waals surface area contributed by atoms with Crippen molar-refractivity contribution in [3.05, 3.63) is 109 Å². The Balaban J connectivity index is 4.07. The summed E-state index contributed by atoms with van der Waals surface area (Å²) in [5.41, 5.74) is 0. The second-order valence-electron chi connectivity index (χ2n) is 27.3. The maximum atomic E-state index is 13.0. The van der Waals surface area contributed by atoms with Crippen molar-refractivity contribution >= 4 is 17.9 Å². The molecule has 0 rings (SSSR count). The highest BCUT2D eigenvalue weighted by Gasteiger charge is 2.25. The molecule has 0 aliphatic heterocycles. The van der Waals surface area contributed by atoms with Gasteiger partial charge < -0.3 is 28.5 Å². The fourth-order valence-corrected chi connectivity index (χ4v) is 11.1. The lowest BCUT2D eigenvalue weighted by molar-refractivity contribution is -0.870. The summed E-state index contributed by atoms with van der Waals surface area (Å²) in [6.07, 6.45) is 101. The molecule has 2 unspecified atom stereocenters. The quantitative estimate of drug-likeness (QED) is 0.0211. The van der Waals surface area contributed by atoms with Crippen molar-refractivity contribution in [1.29, 1.82) is 0 Å². The minimum Gasteiger partial charge on any atom is -0.477 e. The van der Waals surface area contributed by atoms with E-state index in [4.69, 9.17) is 18.9 Å². The van der Waals surface area contributed by atoms with Crippen molar-refractivity contribution in [2.24, 2.45) is 0 Å². The first kappa shape index (κ1) is 89.0. The van der Waals surface area contributed by atoms with Gasteiger partial charge in [0.25, 0.3) is 6.29 Å². The summed E-state index contributed by atoms with van der Waals surface area (Å²) >= 11 is 0. The lowest BCUT2D eigenvalue weighted by atomic mass is 10.0. The fourth-order valence-electron chi connectivity index (χ4n) is 11.1. The van der Waals surface area contributed by atoms with Crippen molar-refractivity contribution in [1.82, 2.24) is 0 Å². The Morgan fingerprint density at radius 1 is 0.333 bits per heavy atom. The minimum absolute atomic E-state index is 0.184. The first-order valence-electron chi connectivity index (χ1n) is 39.1. The number of unbranched alkanes of at least 4 members (excludes halogenated alkanes) is 39. The zero-order valence-corrected chi connectivity index (χ0v) is 61.4. The number of carbonyl (C=O) groups is 3. The van der Waals surface area contributed by atoms with E-state index in [2.05, 4.69) is 123 Å².